The highest BCUT2D eigenvalue weighted by Crippen LogP contribution is 2.29. The van der Waals surface area contributed by atoms with Crippen molar-refractivity contribution in [1.82, 2.24) is 20.4 Å². The molecule has 0 unspecified atom stereocenters. The number of carbonyl (C=O) groups excluding carboxylic acids is 1. The minimum absolute atomic E-state index is 0.0409. The minimum atomic E-state index is -0.364. The number of benzene rings is 2. The summed E-state index contributed by atoms with van der Waals surface area (Å²) in [5.41, 5.74) is 7.50. The van der Waals surface area contributed by atoms with Gasteiger partial charge in [-0.3, -0.25) is 9.69 Å². The Morgan fingerprint density at radius 2 is 1.70 bits per heavy atom. The van der Waals surface area contributed by atoms with E-state index in [0.29, 0.717) is 28.8 Å². The van der Waals surface area contributed by atoms with E-state index in [1.54, 1.807) is 30.3 Å². The molecule has 0 bridgehead atoms. The third kappa shape index (κ3) is 7.26. The first kappa shape index (κ1) is 31.4. The molecule has 1 aliphatic carbocycles. The van der Waals surface area contributed by atoms with E-state index >= 15 is 0 Å². The molecule has 12 heteroatoms. The van der Waals surface area contributed by atoms with Crippen molar-refractivity contribution in [3.8, 4) is 17.6 Å². The zero-order chi connectivity index (χ0) is 32.0. The first-order valence-corrected chi connectivity index (χ1v) is 16.1. The summed E-state index contributed by atoms with van der Waals surface area (Å²) >= 11 is 0. The number of amides is 1. The first-order valence-electron chi connectivity index (χ1n) is 16.1. The fraction of sp³-hybridized carbons (Fsp3) is 0.471. The van der Waals surface area contributed by atoms with Crippen LogP contribution in [0.1, 0.15) is 54.6 Å². The van der Waals surface area contributed by atoms with Gasteiger partial charge in [0.15, 0.2) is 11.5 Å². The van der Waals surface area contributed by atoms with Gasteiger partial charge in [0.05, 0.1) is 24.5 Å². The summed E-state index contributed by atoms with van der Waals surface area (Å²) in [5.74, 6) is 1.40. The standard InChI is InChI=1S/C34H41FN8O3/c1-45-32-21-28(6-2-23(32)22-36)46-27-7-3-24(4-8-27)38-34(44)31-10-11-33(40-39-31)43-14-12-25(13-15-43)41-16-18-42(19-17-41)26-5-9-30(37)29(35)20-26/h2,5-6,9-11,20-21,24-25,27H,3-4,7-8,12-19,37H2,1H3,(H,38,44). The SMILES string of the molecule is COc1cc(OC2CCC(NC(=O)c3ccc(N4CCC(N5CCN(c6ccc(N)c(F)c6)CC5)CC4)nn3)CC2)ccc1C#N. The molecule has 2 aromatic carbocycles. The second-order valence-corrected chi connectivity index (χ2v) is 12.3. The molecule has 3 fully saturated rings. The van der Waals surface area contributed by atoms with E-state index in [0.717, 1.165) is 89.3 Å². The summed E-state index contributed by atoms with van der Waals surface area (Å²) in [6, 6.07) is 16.6. The van der Waals surface area contributed by atoms with Crippen molar-refractivity contribution in [2.75, 3.05) is 61.9 Å². The molecule has 1 saturated carbocycles. The van der Waals surface area contributed by atoms with Gasteiger partial charge in [-0.2, -0.15) is 5.26 Å². The molecule has 0 radical (unpaired) electrons. The number of nitrogens with zero attached hydrogens (tertiary/aromatic N) is 6. The summed E-state index contributed by atoms with van der Waals surface area (Å²) in [6.07, 6.45) is 5.34. The van der Waals surface area contributed by atoms with Crippen LogP contribution in [0, 0.1) is 17.1 Å². The van der Waals surface area contributed by atoms with Crippen LogP contribution in [0.4, 0.5) is 21.6 Å². The Morgan fingerprint density at radius 3 is 2.35 bits per heavy atom. The topological polar surface area (TPSA) is 133 Å². The van der Waals surface area contributed by atoms with Crippen molar-refractivity contribution in [3.05, 3.63) is 65.6 Å². The largest absolute Gasteiger partial charge is 0.495 e. The maximum atomic E-state index is 13.9. The zero-order valence-electron chi connectivity index (χ0n) is 26.2. The lowest BCUT2D eigenvalue weighted by Gasteiger charge is -2.43. The Morgan fingerprint density at radius 1 is 0.935 bits per heavy atom. The van der Waals surface area contributed by atoms with Crippen LogP contribution < -0.4 is 30.3 Å². The van der Waals surface area contributed by atoms with Crippen LogP contribution in [0.3, 0.4) is 0 Å². The molecule has 3 aliphatic rings. The van der Waals surface area contributed by atoms with Crippen molar-refractivity contribution in [1.29, 1.82) is 5.26 Å². The highest BCUT2D eigenvalue weighted by molar-refractivity contribution is 5.92. The molecule has 46 heavy (non-hydrogen) atoms. The monoisotopic (exact) mass is 628 g/mol. The molecule has 6 rings (SSSR count). The molecule has 0 spiro atoms. The van der Waals surface area contributed by atoms with Crippen LogP contribution in [-0.2, 0) is 0 Å². The molecule has 0 atom stereocenters. The first-order chi connectivity index (χ1) is 22.4. The van der Waals surface area contributed by atoms with Crippen molar-refractivity contribution in [3.63, 3.8) is 0 Å². The van der Waals surface area contributed by atoms with E-state index in [1.165, 1.54) is 13.2 Å². The van der Waals surface area contributed by atoms with Crippen LogP contribution in [0.15, 0.2) is 48.5 Å². The average Bonchev–Trinajstić information content (AvgIpc) is 3.10. The summed E-state index contributed by atoms with van der Waals surface area (Å²) in [5, 5.41) is 21.0. The number of nitriles is 1. The van der Waals surface area contributed by atoms with Crippen molar-refractivity contribution >= 4 is 23.1 Å². The lowest BCUT2D eigenvalue weighted by Crippen LogP contribution is -2.53. The quantitative estimate of drug-likeness (QED) is 0.353. The van der Waals surface area contributed by atoms with E-state index < -0.39 is 0 Å². The molecule has 2 aliphatic heterocycles. The molecule has 242 valence electrons. The summed E-state index contributed by atoms with van der Waals surface area (Å²) in [6.45, 7) is 5.39. The van der Waals surface area contributed by atoms with Crippen LogP contribution in [0.25, 0.3) is 0 Å². The van der Waals surface area contributed by atoms with Gasteiger partial charge in [-0.15, -0.1) is 10.2 Å². The fourth-order valence-corrected chi connectivity index (χ4v) is 6.75. The number of ether oxygens (including phenoxy) is 2. The molecular formula is C34H41FN8O3. The van der Waals surface area contributed by atoms with Crippen molar-refractivity contribution in [2.45, 2.75) is 56.7 Å². The molecule has 3 N–H and O–H groups in total. The normalized spacial score (nSPS) is 21.0. The molecular weight excluding hydrogens is 587 g/mol. The molecule has 3 heterocycles. The molecule has 3 aromatic rings. The fourth-order valence-electron chi connectivity index (χ4n) is 6.75. The van der Waals surface area contributed by atoms with Crippen LogP contribution in [0.2, 0.25) is 0 Å². The Balaban J connectivity index is 0.920. The Hall–Kier alpha value is -4.63. The van der Waals surface area contributed by atoms with Gasteiger partial charge in [0.2, 0.25) is 0 Å². The lowest BCUT2D eigenvalue weighted by molar-refractivity contribution is 0.0888. The van der Waals surface area contributed by atoms with E-state index in [-0.39, 0.29) is 29.6 Å². The lowest BCUT2D eigenvalue weighted by atomic mass is 9.92. The predicted octanol–water partition coefficient (Wildman–Crippen LogP) is 3.99. The van der Waals surface area contributed by atoms with Crippen molar-refractivity contribution < 1.29 is 18.7 Å². The highest BCUT2D eigenvalue weighted by atomic mass is 19.1. The zero-order valence-corrected chi connectivity index (χ0v) is 26.2. The van der Waals surface area contributed by atoms with Gasteiger partial charge < -0.3 is 30.3 Å². The number of piperidine rings is 1. The van der Waals surface area contributed by atoms with Gasteiger partial charge in [-0.1, -0.05) is 0 Å². The number of hydrogen-bond donors (Lipinski definition) is 2. The molecule has 1 aromatic heterocycles. The number of anilines is 3. The average molecular weight is 629 g/mol. The number of carbonyl (C=O) groups is 1. The summed E-state index contributed by atoms with van der Waals surface area (Å²) < 4.78 is 25.3. The van der Waals surface area contributed by atoms with Crippen LogP contribution >= 0.6 is 0 Å². The Kier molecular flexibility index (Phi) is 9.68. The van der Waals surface area contributed by atoms with E-state index in [9.17, 15) is 14.4 Å². The van der Waals surface area contributed by atoms with Gasteiger partial charge in [0.25, 0.3) is 5.91 Å². The van der Waals surface area contributed by atoms with Gasteiger partial charge >= 0.3 is 0 Å². The third-order valence-electron chi connectivity index (χ3n) is 9.46. The maximum Gasteiger partial charge on any atom is 0.272 e. The Labute approximate surface area is 269 Å². The summed E-state index contributed by atoms with van der Waals surface area (Å²) in [4.78, 5) is 19.9. The molecule has 2 saturated heterocycles. The van der Waals surface area contributed by atoms with E-state index in [1.807, 2.05) is 12.1 Å². The Bertz CT molecular complexity index is 1540. The third-order valence-corrected chi connectivity index (χ3v) is 9.46. The highest BCUT2D eigenvalue weighted by Gasteiger charge is 2.29. The molecule has 11 nitrogen and oxygen atoms in total. The molecule has 1 amide bonds. The van der Waals surface area contributed by atoms with Gasteiger partial charge in [-0.05, 0) is 81.0 Å². The predicted molar refractivity (Wildman–Crippen MR) is 174 cm³/mol. The van der Waals surface area contributed by atoms with Gasteiger partial charge in [0.1, 0.15) is 23.4 Å². The second-order valence-electron chi connectivity index (χ2n) is 12.3. The number of rotatable bonds is 8. The number of methoxy groups -OCH3 is 1. The van der Waals surface area contributed by atoms with E-state index in [4.69, 9.17) is 15.2 Å². The second kappa shape index (κ2) is 14.2. The number of aromatic nitrogens is 2. The van der Waals surface area contributed by atoms with Crippen LogP contribution in [-0.4, -0.2) is 85.6 Å². The van der Waals surface area contributed by atoms with Crippen LogP contribution in [0.5, 0.6) is 11.5 Å². The maximum absolute atomic E-state index is 13.9. The van der Waals surface area contributed by atoms with Gasteiger partial charge in [0, 0.05) is 63.1 Å². The summed E-state index contributed by atoms with van der Waals surface area (Å²) in [7, 11) is 1.54. The van der Waals surface area contributed by atoms with E-state index in [2.05, 4.69) is 36.3 Å². The number of nitrogens with two attached hydrogens (primary N) is 1. The number of nitrogens with one attached hydrogen (secondary N) is 1. The number of nitrogen functional groups attached to an aromatic ring is 1. The number of hydrogen-bond acceptors (Lipinski definition) is 10. The van der Waals surface area contributed by atoms with Gasteiger partial charge in [-0.25, -0.2) is 4.39 Å². The smallest absolute Gasteiger partial charge is 0.272 e. The van der Waals surface area contributed by atoms with Crippen molar-refractivity contribution in [2.24, 2.45) is 0 Å². The number of piperazine rings is 1. The number of halogens is 1. The minimum Gasteiger partial charge on any atom is -0.495 e.